The van der Waals surface area contributed by atoms with Gasteiger partial charge >= 0.3 is 0 Å². The molecule has 0 radical (unpaired) electrons. The van der Waals surface area contributed by atoms with E-state index >= 15 is 0 Å². The van der Waals surface area contributed by atoms with E-state index in [0.29, 0.717) is 5.92 Å². The summed E-state index contributed by atoms with van der Waals surface area (Å²) in [6.07, 6.45) is 1.03. The van der Waals surface area contributed by atoms with Gasteiger partial charge in [0.2, 0.25) is 0 Å². The standard InChI is InChI=1S/C14H20N2/c1-10(2)9-14(3)11-7-5-6-8-12(11)16(4)13(14)15/h5-8,10,15H,9H2,1-4H3. The van der Waals surface area contributed by atoms with Crippen LogP contribution < -0.4 is 4.90 Å². The monoisotopic (exact) mass is 216 g/mol. The fourth-order valence-corrected chi connectivity index (χ4v) is 2.87. The van der Waals surface area contributed by atoms with Crippen molar-refractivity contribution < 1.29 is 0 Å². The maximum atomic E-state index is 8.31. The first-order valence-electron chi connectivity index (χ1n) is 5.89. The maximum Gasteiger partial charge on any atom is 0.111 e. The van der Waals surface area contributed by atoms with E-state index in [-0.39, 0.29) is 5.41 Å². The molecular formula is C14H20N2. The third kappa shape index (κ3) is 1.44. The SMILES string of the molecule is CC(C)CC1(C)C(=N)N(C)c2ccccc21. The van der Waals surface area contributed by atoms with Gasteiger partial charge in [-0.05, 0) is 30.9 Å². The number of fused-ring (bicyclic) bond motifs is 1. The molecule has 16 heavy (non-hydrogen) atoms. The van der Waals surface area contributed by atoms with Crippen LogP contribution in [0.2, 0.25) is 0 Å². The molecule has 1 unspecified atom stereocenters. The summed E-state index contributed by atoms with van der Waals surface area (Å²) in [5, 5.41) is 8.31. The van der Waals surface area contributed by atoms with Gasteiger partial charge in [0.05, 0.1) is 5.41 Å². The second kappa shape index (κ2) is 3.62. The summed E-state index contributed by atoms with van der Waals surface area (Å²) >= 11 is 0. The van der Waals surface area contributed by atoms with Crippen molar-refractivity contribution in [3.8, 4) is 0 Å². The summed E-state index contributed by atoms with van der Waals surface area (Å²) in [6.45, 7) is 6.64. The molecule has 1 aromatic rings. The number of nitrogens with zero attached hydrogens (tertiary/aromatic N) is 1. The first-order valence-corrected chi connectivity index (χ1v) is 5.89. The highest BCUT2D eigenvalue weighted by molar-refractivity contribution is 6.09. The Labute approximate surface area is 97.8 Å². The van der Waals surface area contributed by atoms with E-state index in [1.54, 1.807) is 0 Å². The Balaban J connectivity index is 2.52. The van der Waals surface area contributed by atoms with Crippen LogP contribution in [-0.2, 0) is 5.41 Å². The summed E-state index contributed by atoms with van der Waals surface area (Å²) in [6, 6.07) is 8.39. The van der Waals surface area contributed by atoms with E-state index in [4.69, 9.17) is 5.41 Å². The second-order valence-electron chi connectivity index (χ2n) is 5.35. The molecule has 1 atom stereocenters. The van der Waals surface area contributed by atoms with E-state index in [1.165, 1.54) is 11.3 Å². The summed E-state index contributed by atoms with van der Waals surface area (Å²) < 4.78 is 0. The topological polar surface area (TPSA) is 27.1 Å². The molecule has 1 heterocycles. The van der Waals surface area contributed by atoms with Crippen LogP contribution in [0.4, 0.5) is 5.69 Å². The molecule has 2 heteroatoms. The Hall–Kier alpha value is -1.31. The first-order chi connectivity index (χ1) is 7.47. The zero-order valence-electron chi connectivity index (χ0n) is 10.5. The van der Waals surface area contributed by atoms with Gasteiger partial charge in [-0.25, -0.2) is 0 Å². The molecule has 1 aliphatic rings. The van der Waals surface area contributed by atoms with Crippen molar-refractivity contribution in [1.29, 1.82) is 5.41 Å². The first kappa shape index (κ1) is 11.2. The normalized spacial score (nSPS) is 24.1. The van der Waals surface area contributed by atoms with Gasteiger partial charge in [-0.2, -0.15) is 0 Å². The summed E-state index contributed by atoms with van der Waals surface area (Å²) in [5.74, 6) is 1.33. The summed E-state index contributed by atoms with van der Waals surface area (Å²) in [4.78, 5) is 2.01. The molecule has 2 nitrogen and oxygen atoms in total. The average Bonchev–Trinajstić information content (AvgIpc) is 2.42. The smallest absolute Gasteiger partial charge is 0.111 e. The lowest BCUT2D eigenvalue weighted by Crippen LogP contribution is -2.36. The van der Waals surface area contributed by atoms with Crippen LogP contribution in [0, 0.1) is 11.3 Å². The minimum absolute atomic E-state index is 0.112. The lowest BCUT2D eigenvalue weighted by molar-refractivity contribution is 0.467. The van der Waals surface area contributed by atoms with Crippen LogP contribution >= 0.6 is 0 Å². The van der Waals surface area contributed by atoms with Gasteiger partial charge < -0.3 is 4.90 Å². The number of amidine groups is 1. The molecule has 1 N–H and O–H groups in total. The van der Waals surface area contributed by atoms with E-state index in [1.807, 2.05) is 18.0 Å². The minimum Gasteiger partial charge on any atom is -0.332 e. The zero-order valence-corrected chi connectivity index (χ0v) is 10.5. The molecule has 2 rings (SSSR count). The highest BCUT2D eigenvalue weighted by atomic mass is 15.2. The van der Waals surface area contributed by atoms with Gasteiger partial charge in [0.15, 0.2) is 0 Å². The van der Waals surface area contributed by atoms with Gasteiger partial charge in [-0.1, -0.05) is 32.0 Å². The third-order valence-electron chi connectivity index (χ3n) is 3.53. The number of rotatable bonds is 2. The van der Waals surface area contributed by atoms with Crippen LogP contribution in [0.3, 0.4) is 0 Å². The van der Waals surface area contributed by atoms with Crippen molar-refractivity contribution in [2.24, 2.45) is 5.92 Å². The quantitative estimate of drug-likeness (QED) is 0.805. The van der Waals surface area contributed by atoms with Crippen LogP contribution in [0.5, 0.6) is 0 Å². The predicted octanol–water partition coefficient (Wildman–Crippen LogP) is 3.42. The van der Waals surface area contributed by atoms with E-state index < -0.39 is 0 Å². The molecule has 86 valence electrons. The zero-order chi connectivity index (χ0) is 11.9. The van der Waals surface area contributed by atoms with Crippen molar-refractivity contribution >= 4 is 11.5 Å². The lowest BCUT2D eigenvalue weighted by Gasteiger charge is -2.27. The number of nitrogens with one attached hydrogen (secondary N) is 1. The molecule has 0 aromatic heterocycles. The van der Waals surface area contributed by atoms with Crippen LogP contribution in [-0.4, -0.2) is 12.9 Å². The van der Waals surface area contributed by atoms with Gasteiger partial charge in [0.1, 0.15) is 5.84 Å². The number of anilines is 1. The highest BCUT2D eigenvalue weighted by Crippen LogP contribution is 2.44. The van der Waals surface area contributed by atoms with Crippen molar-refractivity contribution in [1.82, 2.24) is 0 Å². The Morgan fingerprint density at radius 2 is 1.94 bits per heavy atom. The molecule has 0 aliphatic carbocycles. The molecular weight excluding hydrogens is 196 g/mol. The van der Waals surface area contributed by atoms with Crippen molar-refractivity contribution in [2.45, 2.75) is 32.6 Å². The summed E-state index contributed by atoms with van der Waals surface area (Å²) in [5.41, 5.74) is 2.38. The Morgan fingerprint density at radius 3 is 2.56 bits per heavy atom. The number of hydrogen-bond acceptors (Lipinski definition) is 1. The number of hydrogen-bond donors (Lipinski definition) is 1. The molecule has 0 amide bonds. The van der Waals surface area contributed by atoms with Gasteiger partial charge in [-0.15, -0.1) is 0 Å². The molecule has 0 saturated heterocycles. The molecule has 0 spiro atoms. The predicted molar refractivity (Wildman–Crippen MR) is 69.4 cm³/mol. The average molecular weight is 216 g/mol. The highest BCUT2D eigenvalue weighted by Gasteiger charge is 2.42. The minimum atomic E-state index is -0.112. The van der Waals surface area contributed by atoms with Gasteiger partial charge in [0.25, 0.3) is 0 Å². The Bertz CT molecular complexity index is 422. The third-order valence-corrected chi connectivity index (χ3v) is 3.53. The van der Waals surface area contributed by atoms with Gasteiger partial charge in [0, 0.05) is 12.7 Å². The number of likely N-dealkylation sites (N-methyl/N-ethyl adjacent to an activating group) is 1. The second-order valence-corrected chi connectivity index (χ2v) is 5.35. The molecule has 1 aliphatic heterocycles. The van der Waals surface area contributed by atoms with E-state index in [2.05, 4.69) is 39.0 Å². The molecule has 1 aromatic carbocycles. The number of para-hydroxylation sites is 1. The molecule has 0 bridgehead atoms. The van der Waals surface area contributed by atoms with Gasteiger partial charge in [-0.3, -0.25) is 5.41 Å². The van der Waals surface area contributed by atoms with Crippen molar-refractivity contribution in [3.63, 3.8) is 0 Å². The van der Waals surface area contributed by atoms with Crippen molar-refractivity contribution in [3.05, 3.63) is 29.8 Å². The number of benzene rings is 1. The van der Waals surface area contributed by atoms with Crippen LogP contribution in [0.15, 0.2) is 24.3 Å². The molecule has 0 fully saturated rings. The Kier molecular flexibility index (Phi) is 2.53. The fraction of sp³-hybridized carbons (Fsp3) is 0.500. The van der Waals surface area contributed by atoms with Crippen molar-refractivity contribution in [2.75, 3.05) is 11.9 Å². The Morgan fingerprint density at radius 1 is 1.31 bits per heavy atom. The largest absolute Gasteiger partial charge is 0.332 e. The molecule has 0 saturated carbocycles. The maximum absolute atomic E-state index is 8.31. The van der Waals surface area contributed by atoms with E-state index in [0.717, 1.165) is 12.3 Å². The fourth-order valence-electron chi connectivity index (χ4n) is 2.87. The summed E-state index contributed by atoms with van der Waals surface area (Å²) in [7, 11) is 1.99. The lowest BCUT2D eigenvalue weighted by atomic mass is 9.77. The van der Waals surface area contributed by atoms with E-state index in [9.17, 15) is 0 Å². The van der Waals surface area contributed by atoms with Crippen LogP contribution in [0.1, 0.15) is 32.8 Å². The van der Waals surface area contributed by atoms with Crippen LogP contribution in [0.25, 0.3) is 0 Å².